The van der Waals surface area contributed by atoms with Gasteiger partial charge in [0.2, 0.25) is 0 Å². The molecule has 7 nitrogen and oxygen atoms in total. The Bertz CT molecular complexity index is 1310. The summed E-state index contributed by atoms with van der Waals surface area (Å²) < 4.78 is 0. The summed E-state index contributed by atoms with van der Waals surface area (Å²) in [5, 5.41) is 5.45. The van der Waals surface area contributed by atoms with Gasteiger partial charge in [0, 0.05) is 24.7 Å². The number of nitrogen functional groups attached to an aromatic ring is 1. The first-order valence-corrected chi connectivity index (χ1v) is 10.4. The Morgan fingerprint density at radius 3 is 2.36 bits per heavy atom. The van der Waals surface area contributed by atoms with Gasteiger partial charge < -0.3 is 16.4 Å². The second-order valence-corrected chi connectivity index (χ2v) is 7.40. The van der Waals surface area contributed by atoms with Crippen molar-refractivity contribution in [3.05, 3.63) is 102 Å². The predicted octanol–water partition coefficient (Wildman–Crippen LogP) is 3.68. The minimum atomic E-state index is -0.423. The summed E-state index contributed by atoms with van der Waals surface area (Å²) in [6, 6.07) is 25.2. The molecule has 0 atom stereocenters. The van der Waals surface area contributed by atoms with Crippen LogP contribution in [0.5, 0.6) is 0 Å². The largest absolute Gasteiger partial charge is 0.382 e. The molecule has 0 unspecified atom stereocenters. The molecule has 0 bridgehead atoms. The highest BCUT2D eigenvalue weighted by Crippen LogP contribution is 2.21. The van der Waals surface area contributed by atoms with Gasteiger partial charge in [0.15, 0.2) is 11.5 Å². The fourth-order valence-corrected chi connectivity index (χ4v) is 3.42. The fourth-order valence-electron chi connectivity index (χ4n) is 3.42. The lowest BCUT2D eigenvalue weighted by Crippen LogP contribution is -2.23. The molecule has 0 aliphatic rings. The van der Waals surface area contributed by atoms with Gasteiger partial charge in [-0.2, -0.15) is 0 Å². The van der Waals surface area contributed by atoms with Crippen LogP contribution in [0, 0.1) is 0 Å². The molecule has 0 radical (unpaired) electrons. The molecule has 3 aromatic carbocycles. The molecule has 4 N–H and O–H groups in total. The van der Waals surface area contributed by atoms with Gasteiger partial charge in [0.25, 0.3) is 11.8 Å². The van der Waals surface area contributed by atoms with E-state index in [0.717, 1.165) is 16.7 Å². The van der Waals surface area contributed by atoms with E-state index in [9.17, 15) is 9.59 Å². The van der Waals surface area contributed by atoms with Crippen molar-refractivity contribution in [3.63, 3.8) is 0 Å². The molecule has 33 heavy (non-hydrogen) atoms. The third-order valence-corrected chi connectivity index (χ3v) is 5.15. The molecule has 7 heteroatoms. The monoisotopic (exact) mass is 437 g/mol. The number of amides is 2. The third-order valence-electron chi connectivity index (χ3n) is 5.15. The van der Waals surface area contributed by atoms with Gasteiger partial charge >= 0.3 is 0 Å². The van der Waals surface area contributed by atoms with E-state index in [1.165, 1.54) is 13.2 Å². The van der Waals surface area contributed by atoms with E-state index in [2.05, 4.69) is 38.8 Å². The number of hydrogen-bond donors (Lipinski definition) is 3. The molecule has 1 aromatic heterocycles. The number of carbonyl (C=O) groups excluding carboxylic acids is 2. The number of nitrogens with one attached hydrogen (secondary N) is 2. The summed E-state index contributed by atoms with van der Waals surface area (Å²) in [5.41, 5.74) is 10.6. The van der Waals surface area contributed by atoms with Gasteiger partial charge in [-0.1, -0.05) is 60.7 Å². The minimum Gasteiger partial charge on any atom is -0.382 e. The molecule has 4 aromatic rings. The van der Waals surface area contributed by atoms with Crippen LogP contribution in [0.4, 0.5) is 5.82 Å². The number of nitrogens with two attached hydrogens (primary N) is 1. The normalized spacial score (nSPS) is 10.5. The molecule has 0 saturated carbocycles. The van der Waals surface area contributed by atoms with Crippen LogP contribution in [0.3, 0.4) is 0 Å². The number of hydrogen-bond acceptors (Lipinski definition) is 5. The number of benzene rings is 3. The Hall–Kier alpha value is -4.52. The van der Waals surface area contributed by atoms with Crippen LogP contribution in [-0.2, 0) is 6.54 Å². The van der Waals surface area contributed by atoms with Crippen LogP contribution in [0.1, 0.15) is 26.4 Å². The average Bonchev–Trinajstić information content (AvgIpc) is 2.88. The zero-order valence-corrected chi connectivity index (χ0v) is 18.1. The van der Waals surface area contributed by atoms with Crippen LogP contribution in [-0.4, -0.2) is 28.8 Å². The summed E-state index contributed by atoms with van der Waals surface area (Å²) in [7, 11) is 1.50. The highest BCUT2D eigenvalue weighted by molar-refractivity contribution is 5.97. The van der Waals surface area contributed by atoms with Crippen LogP contribution < -0.4 is 16.4 Å². The number of nitrogens with zero attached hydrogens (tertiary/aromatic N) is 2. The first-order valence-electron chi connectivity index (χ1n) is 10.4. The predicted molar refractivity (Wildman–Crippen MR) is 128 cm³/mol. The molecule has 2 amide bonds. The van der Waals surface area contributed by atoms with E-state index in [-0.39, 0.29) is 17.4 Å². The van der Waals surface area contributed by atoms with Crippen molar-refractivity contribution in [2.45, 2.75) is 6.54 Å². The maximum Gasteiger partial charge on any atom is 0.273 e. The Morgan fingerprint density at radius 2 is 1.58 bits per heavy atom. The first-order chi connectivity index (χ1) is 16.0. The SMILES string of the molecule is CNC(=O)c1nc(-c2cccc(C(=O)NCc3cccc(-c4ccccc4)c3)c2)cnc1N. The van der Waals surface area contributed by atoms with E-state index in [1.54, 1.807) is 24.3 Å². The van der Waals surface area contributed by atoms with Crippen molar-refractivity contribution in [1.82, 2.24) is 20.6 Å². The Labute approximate surface area is 191 Å². The zero-order chi connectivity index (χ0) is 23.2. The maximum atomic E-state index is 12.8. The molecular weight excluding hydrogens is 414 g/mol. The summed E-state index contributed by atoms with van der Waals surface area (Å²) >= 11 is 0. The Kier molecular flexibility index (Phi) is 6.40. The number of rotatable bonds is 6. The average molecular weight is 438 g/mol. The third kappa shape index (κ3) is 5.04. The molecule has 0 fully saturated rings. The van der Waals surface area contributed by atoms with Crippen LogP contribution >= 0.6 is 0 Å². The molecule has 164 valence electrons. The number of anilines is 1. The summed E-state index contributed by atoms with van der Waals surface area (Å²) in [5.74, 6) is -0.588. The molecule has 4 rings (SSSR count). The van der Waals surface area contributed by atoms with E-state index in [4.69, 9.17) is 5.73 Å². The summed E-state index contributed by atoms with van der Waals surface area (Å²) in [6.07, 6.45) is 1.48. The summed E-state index contributed by atoms with van der Waals surface area (Å²) in [4.78, 5) is 33.1. The quantitative estimate of drug-likeness (QED) is 0.426. The van der Waals surface area contributed by atoms with Crippen molar-refractivity contribution in [3.8, 4) is 22.4 Å². The first kappa shape index (κ1) is 21.7. The lowest BCUT2D eigenvalue weighted by Gasteiger charge is -2.10. The van der Waals surface area contributed by atoms with Gasteiger partial charge in [0.1, 0.15) is 0 Å². The van der Waals surface area contributed by atoms with E-state index in [1.807, 2.05) is 36.4 Å². The molecule has 1 heterocycles. The smallest absolute Gasteiger partial charge is 0.273 e. The van der Waals surface area contributed by atoms with Crippen molar-refractivity contribution >= 4 is 17.6 Å². The lowest BCUT2D eigenvalue weighted by atomic mass is 10.0. The van der Waals surface area contributed by atoms with Crippen molar-refractivity contribution in [2.75, 3.05) is 12.8 Å². The summed E-state index contributed by atoms with van der Waals surface area (Å²) in [6.45, 7) is 0.395. The zero-order valence-electron chi connectivity index (χ0n) is 18.1. The van der Waals surface area contributed by atoms with E-state index < -0.39 is 5.91 Å². The highest BCUT2D eigenvalue weighted by Gasteiger charge is 2.14. The minimum absolute atomic E-state index is 0.0446. The van der Waals surface area contributed by atoms with Crippen LogP contribution in [0.25, 0.3) is 22.4 Å². The standard InChI is InChI=1S/C26H23N5O2/c1-28-26(33)23-24(27)29-16-22(31-23)20-11-6-12-21(14-20)25(32)30-15-17-7-5-10-19(13-17)18-8-3-2-4-9-18/h2-14,16H,15H2,1H3,(H2,27,29)(H,28,33)(H,30,32). The van der Waals surface area contributed by atoms with Gasteiger partial charge in [-0.3, -0.25) is 9.59 Å². The Morgan fingerprint density at radius 1 is 0.848 bits per heavy atom. The van der Waals surface area contributed by atoms with E-state index >= 15 is 0 Å². The van der Waals surface area contributed by atoms with Crippen molar-refractivity contribution in [2.24, 2.45) is 0 Å². The van der Waals surface area contributed by atoms with Gasteiger partial charge in [-0.15, -0.1) is 0 Å². The molecule has 0 spiro atoms. The van der Waals surface area contributed by atoms with Crippen molar-refractivity contribution < 1.29 is 9.59 Å². The Balaban J connectivity index is 1.50. The van der Waals surface area contributed by atoms with Crippen LogP contribution in [0.15, 0.2) is 85.1 Å². The van der Waals surface area contributed by atoms with E-state index in [0.29, 0.717) is 23.4 Å². The topological polar surface area (TPSA) is 110 Å². The molecule has 0 aliphatic carbocycles. The highest BCUT2D eigenvalue weighted by atomic mass is 16.2. The maximum absolute atomic E-state index is 12.8. The van der Waals surface area contributed by atoms with Crippen LogP contribution in [0.2, 0.25) is 0 Å². The molecule has 0 aliphatic heterocycles. The second-order valence-electron chi connectivity index (χ2n) is 7.40. The van der Waals surface area contributed by atoms with Gasteiger partial charge in [0.05, 0.1) is 11.9 Å². The molecule has 0 saturated heterocycles. The van der Waals surface area contributed by atoms with Crippen molar-refractivity contribution in [1.29, 1.82) is 0 Å². The molecular formula is C26H23N5O2. The fraction of sp³-hybridized carbons (Fsp3) is 0.0769. The van der Waals surface area contributed by atoms with Gasteiger partial charge in [-0.25, -0.2) is 9.97 Å². The van der Waals surface area contributed by atoms with Gasteiger partial charge in [-0.05, 0) is 34.9 Å². The lowest BCUT2D eigenvalue weighted by molar-refractivity contribution is 0.0945. The number of carbonyl (C=O) groups is 2. The second kappa shape index (κ2) is 9.74. The number of aromatic nitrogens is 2.